The number of ketones is 1. The van der Waals surface area contributed by atoms with Crippen LogP contribution in [0.3, 0.4) is 0 Å². The Morgan fingerprint density at radius 1 is 1.45 bits per heavy atom. The first kappa shape index (κ1) is 16.3. The molecule has 0 aliphatic heterocycles. The van der Waals surface area contributed by atoms with E-state index in [1.54, 1.807) is 20.8 Å². The van der Waals surface area contributed by atoms with Crippen molar-refractivity contribution in [1.82, 2.24) is 0 Å². The third-order valence-corrected chi connectivity index (χ3v) is 3.58. The van der Waals surface area contributed by atoms with Gasteiger partial charge in [-0.25, -0.2) is 4.79 Å². The number of aliphatic hydroxyl groups excluding tert-OH is 1. The smallest absolute Gasteiger partial charge is 0.328 e. The highest BCUT2D eigenvalue weighted by Gasteiger charge is 2.47. The quantitative estimate of drug-likeness (QED) is 0.531. The topological polar surface area (TPSA) is 94.8 Å². The number of hydrogen-bond acceptors (Lipinski definition) is 4. The van der Waals surface area contributed by atoms with E-state index in [1.165, 1.54) is 18.2 Å². The molecule has 0 radical (unpaired) electrons. The van der Waals surface area contributed by atoms with Crippen molar-refractivity contribution in [2.45, 2.75) is 32.8 Å². The van der Waals surface area contributed by atoms with E-state index in [0.717, 1.165) is 6.08 Å². The molecule has 0 spiro atoms. The SMILES string of the molecule is CC(=C/C(=O)O)/C=C/C1(O)C(CO)=CC(=O)CC1(C)C. The molecule has 0 saturated carbocycles. The Labute approximate surface area is 117 Å². The van der Waals surface area contributed by atoms with Crippen LogP contribution < -0.4 is 0 Å². The Bertz CT molecular complexity index is 510. The largest absolute Gasteiger partial charge is 0.478 e. The summed E-state index contributed by atoms with van der Waals surface area (Å²) in [7, 11) is 0. The van der Waals surface area contributed by atoms with Crippen LogP contribution in [0.1, 0.15) is 27.2 Å². The molecular formula is C15H20O5. The summed E-state index contributed by atoms with van der Waals surface area (Å²) in [5, 5.41) is 28.8. The van der Waals surface area contributed by atoms with E-state index in [-0.39, 0.29) is 17.8 Å². The molecule has 0 aromatic rings. The lowest BCUT2D eigenvalue weighted by Crippen LogP contribution is -2.49. The number of carbonyl (C=O) groups is 2. The predicted octanol–water partition coefficient (Wildman–Crippen LogP) is 1.22. The van der Waals surface area contributed by atoms with Gasteiger partial charge in [0, 0.05) is 17.9 Å². The average Bonchev–Trinajstić information content (AvgIpc) is 2.30. The van der Waals surface area contributed by atoms with Gasteiger partial charge in [-0.1, -0.05) is 19.9 Å². The lowest BCUT2D eigenvalue weighted by molar-refractivity contribution is -0.131. The van der Waals surface area contributed by atoms with Gasteiger partial charge < -0.3 is 15.3 Å². The van der Waals surface area contributed by atoms with Gasteiger partial charge in [0.25, 0.3) is 0 Å². The van der Waals surface area contributed by atoms with Crippen LogP contribution in [0.2, 0.25) is 0 Å². The minimum Gasteiger partial charge on any atom is -0.478 e. The molecule has 1 unspecified atom stereocenters. The molecule has 3 N–H and O–H groups in total. The van der Waals surface area contributed by atoms with Crippen LogP contribution in [0.15, 0.2) is 35.5 Å². The maximum atomic E-state index is 11.6. The standard InChI is InChI=1S/C15H20O5/c1-10(6-13(18)19)4-5-15(20)11(9-16)7-12(17)8-14(15,2)3/h4-7,16,20H,8-9H2,1-3H3,(H,18,19)/b5-4+,10-6-. The van der Waals surface area contributed by atoms with E-state index in [2.05, 4.69) is 0 Å². The minimum atomic E-state index is -1.48. The van der Waals surface area contributed by atoms with E-state index in [4.69, 9.17) is 5.11 Å². The number of carbonyl (C=O) groups excluding carboxylic acids is 1. The van der Waals surface area contributed by atoms with Gasteiger partial charge in [-0.3, -0.25) is 4.79 Å². The lowest BCUT2D eigenvalue weighted by Gasteiger charge is -2.44. The fraction of sp³-hybridized carbons (Fsp3) is 0.467. The zero-order chi connectivity index (χ0) is 15.6. The third kappa shape index (κ3) is 3.23. The number of hydrogen-bond donors (Lipinski definition) is 3. The van der Waals surface area contributed by atoms with Crippen molar-refractivity contribution in [1.29, 1.82) is 0 Å². The first-order chi connectivity index (χ1) is 9.12. The molecule has 1 rings (SSSR count). The number of aliphatic carboxylic acids is 1. The molecule has 20 heavy (non-hydrogen) atoms. The van der Waals surface area contributed by atoms with Gasteiger partial charge in [-0.15, -0.1) is 0 Å². The van der Waals surface area contributed by atoms with E-state index >= 15 is 0 Å². The third-order valence-electron chi connectivity index (χ3n) is 3.58. The van der Waals surface area contributed by atoms with Crippen LogP contribution in [0.5, 0.6) is 0 Å². The van der Waals surface area contributed by atoms with Gasteiger partial charge in [0.15, 0.2) is 5.78 Å². The van der Waals surface area contributed by atoms with Crippen molar-refractivity contribution in [2.75, 3.05) is 6.61 Å². The molecule has 0 heterocycles. The molecule has 5 heteroatoms. The summed E-state index contributed by atoms with van der Waals surface area (Å²) in [4.78, 5) is 22.2. The summed E-state index contributed by atoms with van der Waals surface area (Å²) in [6, 6.07) is 0. The van der Waals surface area contributed by atoms with Gasteiger partial charge in [-0.05, 0) is 30.2 Å². The molecule has 0 amide bonds. The van der Waals surface area contributed by atoms with E-state index < -0.39 is 23.6 Å². The van der Waals surface area contributed by atoms with Crippen molar-refractivity contribution >= 4 is 11.8 Å². The molecule has 0 fully saturated rings. The number of allylic oxidation sites excluding steroid dienone is 3. The molecule has 110 valence electrons. The normalized spacial score (nSPS) is 26.8. The summed E-state index contributed by atoms with van der Waals surface area (Å²) in [6.07, 6.45) is 5.35. The highest BCUT2D eigenvalue weighted by atomic mass is 16.4. The van der Waals surface area contributed by atoms with Crippen molar-refractivity contribution in [3.05, 3.63) is 35.5 Å². The van der Waals surface area contributed by atoms with Crippen molar-refractivity contribution < 1.29 is 24.9 Å². The Hall–Kier alpha value is -1.72. The van der Waals surface area contributed by atoms with Crippen LogP contribution in [0, 0.1) is 5.41 Å². The van der Waals surface area contributed by atoms with Crippen molar-refractivity contribution in [3.63, 3.8) is 0 Å². The molecule has 1 aliphatic rings. The maximum absolute atomic E-state index is 11.6. The zero-order valence-electron chi connectivity index (χ0n) is 11.9. The van der Waals surface area contributed by atoms with Crippen LogP contribution in [-0.4, -0.2) is 39.3 Å². The molecule has 0 aromatic heterocycles. The molecule has 1 aliphatic carbocycles. The van der Waals surface area contributed by atoms with Gasteiger partial charge in [0.1, 0.15) is 5.60 Å². The van der Waals surface area contributed by atoms with E-state index in [0.29, 0.717) is 5.57 Å². The molecule has 0 aromatic carbocycles. The van der Waals surface area contributed by atoms with Gasteiger partial charge in [0.2, 0.25) is 0 Å². The second kappa shape index (κ2) is 5.73. The Morgan fingerprint density at radius 3 is 2.55 bits per heavy atom. The molecule has 5 nitrogen and oxygen atoms in total. The van der Waals surface area contributed by atoms with E-state index in [9.17, 15) is 19.8 Å². The Kier molecular flexibility index (Phi) is 4.68. The monoisotopic (exact) mass is 280 g/mol. The van der Waals surface area contributed by atoms with Crippen LogP contribution in [0.25, 0.3) is 0 Å². The summed E-state index contributed by atoms with van der Waals surface area (Å²) >= 11 is 0. The van der Waals surface area contributed by atoms with Gasteiger partial charge >= 0.3 is 5.97 Å². The lowest BCUT2D eigenvalue weighted by atomic mass is 9.64. The Morgan fingerprint density at radius 2 is 2.05 bits per heavy atom. The van der Waals surface area contributed by atoms with Crippen molar-refractivity contribution in [3.8, 4) is 0 Å². The predicted molar refractivity (Wildman–Crippen MR) is 74.1 cm³/mol. The van der Waals surface area contributed by atoms with Crippen LogP contribution in [0.4, 0.5) is 0 Å². The average molecular weight is 280 g/mol. The number of carboxylic acid groups (broad SMARTS) is 1. The number of carboxylic acids is 1. The number of rotatable bonds is 4. The minimum absolute atomic E-state index is 0.144. The first-order valence-corrected chi connectivity index (χ1v) is 6.30. The van der Waals surface area contributed by atoms with E-state index in [1.807, 2.05) is 0 Å². The van der Waals surface area contributed by atoms with Crippen molar-refractivity contribution in [2.24, 2.45) is 5.41 Å². The van der Waals surface area contributed by atoms with Crippen LogP contribution in [-0.2, 0) is 9.59 Å². The molecule has 0 saturated heterocycles. The van der Waals surface area contributed by atoms with Crippen LogP contribution >= 0.6 is 0 Å². The first-order valence-electron chi connectivity index (χ1n) is 6.30. The summed E-state index contributed by atoms with van der Waals surface area (Å²) < 4.78 is 0. The fourth-order valence-electron chi connectivity index (χ4n) is 2.35. The van der Waals surface area contributed by atoms with Gasteiger partial charge in [-0.2, -0.15) is 0 Å². The maximum Gasteiger partial charge on any atom is 0.328 e. The second-order valence-electron chi connectivity index (χ2n) is 5.68. The highest BCUT2D eigenvalue weighted by Crippen LogP contribution is 2.44. The fourth-order valence-corrected chi connectivity index (χ4v) is 2.35. The molecule has 1 atom stereocenters. The summed E-state index contributed by atoms with van der Waals surface area (Å²) in [5.74, 6) is -1.22. The Balaban J connectivity index is 3.22. The number of aliphatic hydroxyl groups is 2. The zero-order valence-corrected chi connectivity index (χ0v) is 11.9. The summed E-state index contributed by atoms with van der Waals surface area (Å²) in [6.45, 7) is 4.62. The van der Waals surface area contributed by atoms with Gasteiger partial charge in [0.05, 0.1) is 6.61 Å². The summed E-state index contributed by atoms with van der Waals surface area (Å²) in [5.41, 5.74) is -1.59. The molecular weight excluding hydrogens is 260 g/mol. The highest BCUT2D eigenvalue weighted by molar-refractivity contribution is 5.93. The second-order valence-corrected chi connectivity index (χ2v) is 5.68. The molecule has 0 bridgehead atoms.